The Labute approximate surface area is 348 Å². The first-order valence-electron chi connectivity index (χ1n) is 22.0. The van der Waals surface area contributed by atoms with Crippen molar-refractivity contribution >= 4 is 33.8 Å². The fourth-order valence-electron chi connectivity index (χ4n) is 11.7. The Bertz CT molecular complexity index is 2900. The second kappa shape index (κ2) is 13.5. The fourth-order valence-corrected chi connectivity index (χ4v) is 11.7. The number of para-hydroxylation sites is 1. The van der Waals surface area contributed by atoms with Gasteiger partial charge in [0, 0.05) is 50.6 Å². The molecule has 12 rings (SSSR count). The van der Waals surface area contributed by atoms with Crippen LogP contribution in [0.4, 0.5) is 5.69 Å². The van der Waals surface area contributed by atoms with Gasteiger partial charge in [0.1, 0.15) is 0 Å². The highest BCUT2D eigenvalue weighted by Crippen LogP contribution is 2.52. The molecule has 2 nitrogen and oxygen atoms in total. The van der Waals surface area contributed by atoms with E-state index in [1.807, 2.05) is 0 Å². The molecule has 3 atom stereocenters. The van der Waals surface area contributed by atoms with Crippen LogP contribution in [0, 0.1) is 5.92 Å². The van der Waals surface area contributed by atoms with Crippen molar-refractivity contribution in [3.63, 3.8) is 0 Å². The molecule has 2 heterocycles. The molecule has 0 fully saturated rings. The lowest BCUT2D eigenvalue weighted by Gasteiger charge is -2.38. The van der Waals surface area contributed by atoms with E-state index >= 15 is 0 Å². The van der Waals surface area contributed by atoms with E-state index in [0.29, 0.717) is 17.9 Å². The van der Waals surface area contributed by atoms with Crippen LogP contribution < -0.4 is 4.90 Å². The molecule has 2 heteroatoms. The monoisotopic (exact) mass is 762 g/mol. The number of aromatic nitrogens is 1. The van der Waals surface area contributed by atoms with Gasteiger partial charge in [0.25, 0.3) is 0 Å². The lowest BCUT2D eigenvalue weighted by molar-refractivity contribution is 0.493. The molecule has 5 aromatic carbocycles. The summed E-state index contributed by atoms with van der Waals surface area (Å²) in [5, 5.41) is 1.35. The van der Waals surface area contributed by atoms with E-state index in [2.05, 4.69) is 187 Å². The molecule has 0 N–H and O–H groups in total. The predicted molar refractivity (Wildman–Crippen MR) is 248 cm³/mol. The number of rotatable bonds is 5. The zero-order valence-corrected chi connectivity index (χ0v) is 34.2. The SMILES string of the molecule is CC1(C)c2ccccc2-c2ccc(-n3c4c(c5cc(C6=CCC7C(=C6)c6ccccc6N7C6=CC(C7=CC=CCC7)CC(c7ccccc7)C6)ccc53)C=CCC4)cc21. The summed E-state index contributed by atoms with van der Waals surface area (Å²) in [4.78, 5) is 2.73. The molecule has 288 valence electrons. The minimum atomic E-state index is -0.0331. The van der Waals surface area contributed by atoms with Gasteiger partial charge in [-0.05, 0) is 132 Å². The Morgan fingerprint density at radius 1 is 0.729 bits per heavy atom. The van der Waals surface area contributed by atoms with Crippen LogP contribution in [-0.2, 0) is 11.8 Å². The van der Waals surface area contributed by atoms with Crippen molar-refractivity contribution in [2.75, 3.05) is 4.90 Å². The number of anilines is 1. The summed E-state index contributed by atoms with van der Waals surface area (Å²) in [5.74, 6) is 0.962. The van der Waals surface area contributed by atoms with Gasteiger partial charge in [-0.3, -0.25) is 0 Å². The first-order valence-corrected chi connectivity index (χ1v) is 22.0. The van der Waals surface area contributed by atoms with Gasteiger partial charge in [-0.1, -0.05) is 147 Å². The fraction of sp³-hybridized carbons (Fsp3) is 0.228. The Hall–Kier alpha value is -6.12. The summed E-state index contributed by atoms with van der Waals surface area (Å²) in [6.45, 7) is 4.77. The number of nitrogens with zero attached hydrogens (tertiary/aromatic N) is 2. The molecule has 59 heavy (non-hydrogen) atoms. The zero-order chi connectivity index (χ0) is 39.2. The highest BCUT2D eigenvalue weighted by Gasteiger charge is 2.40. The summed E-state index contributed by atoms with van der Waals surface area (Å²) in [6.07, 6.45) is 27.1. The minimum absolute atomic E-state index is 0.0331. The van der Waals surface area contributed by atoms with E-state index in [1.165, 1.54) is 95.7 Å². The molecule has 1 aromatic heterocycles. The maximum absolute atomic E-state index is 2.73. The zero-order valence-electron chi connectivity index (χ0n) is 34.2. The molecule has 6 aromatic rings. The van der Waals surface area contributed by atoms with Crippen molar-refractivity contribution in [3.8, 4) is 16.8 Å². The van der Waals surface area contributed by atoms with Crippen molar-refractivity contribution < 1.29 is 0 Å². The molecule has 0 radical (unpaired) electrons. The van der Waals surface area contributed by atoms with Crippen LogP contribution in [-0.4, -0.2) is 10.6 Å². The van der Waals surface area contributed by atoms with E-state index in [-0.39, 0.29) is 5.41 Å². The summed E-state index contributed by atoms with van der Waals surface area (Å²) in [5.41, 5.74) is 22.3. The van der Waals surface area contributed by atoms with Gasteiger partial charge >= 0.3 is 0 Å². The topological polar surface area (TPSA) is 8.17 Å². The smallest absolute Gasteiger partial charge is 0.0630 e. The van der Waals surface area contributed by atoms with E-state index in [4.69, 9.17) is 0 Å². The number of benzene rings is 5. The Kier molecular flexibility index (Phi) is 7.96. The molecule has 0 bridgehead atoms. The van der Waals surface area contributed by atoms with Gasteiger partial charge in [-0.2, -0.15) is 0 Å². The average Bonchev–Trinajstić information content (AvgIpc) is 3.89. The van der Waals surface area contributed by atoms with Crippen molar-refractivity contribution in [2.45, 2.75) is 76.2 Å². The van der Waals surface area contributed by atoms with Crippen LogP contribution in [0.15, 0.2) is 169 Å². The molecule has 0 saturated carbocycles. The van der Waals surface area contributed by atoms with Gasteiger partial charge in [0.2, 0.25) is 0 Å². The number of hydrogen-bond acceptors (Lipinski definition) is 1. The molecule has 5 aliphatic carbocycles. The number of hydrogen-bond donors (Lipinski definition) is 0. The van der Waals surface area contributed by atoms with Gasteiger partial charge < -0.3 is 9.47 Å². The van der Waals surface area contributed by atoms with Gasteiger partial charge in [-0.15, -0.1) is 0 Å². The van der Waals surface area contributed by atoms with Crippen LogP contribution in [0.5, 0.6) is 0 Å². The van der Waals surface area contributed by atoms with Gasteiger partial charge in [-0.25, -0.2) is 0 Å². The first kappa shape index (κ1) is 34.9. The van der Waals surface area contributed by atoms with E-state index in [0.717, 1.165) is 38.5 Å². The second-order valence-corrected chi connectivity index (χ2v) is 18.2. The van der Waals surface area contributed by atoms with Crippen LogP contribution in [0.3, 0.4) is 0 Å². The van der Waals surface area contributed by atoms with Gasteiger partial charge in [0.05, 0.1) is 11.6 Å². The second-order valence-electron chi connectivity index (χ2n) is 18.2. The summed E-state index contributed by atoms with van der Waals surface area (Å²) < 4.78 is 2.57. The van der Waals surface area contributed by atoms with Crippen LogP contribution in [0.1, 0.15) is 97.4 Å². The summed E-state index contributed by atoms with van der Waals surface area (Å²) in [6, 6.07) is 44.2. The molecule has 0 amide bonds. The van der Waals surface area contributed by atoms with Crippen LogP contribution >= 0.6 is 0 Å². The molecule has 3 unspecified atom stereocenters. The number of fused-ring (bicyclic) bond motifs is 9. The third kappa shape index (κ3) is 5.45. The van der Waals surface area contributed by atoms with Crippen molar-refractivity contribution in [1.29, 1.82) is 0 Å². The maximum atomic E-state index is 2.73. The Morgan fingerprint density at radius 2 is 1.54 bits per heavy atom. The molecule has 6 aliphatic rings. The largest absolute Gasteiger partial charge is 0.337 e. The van der Waals surface area contributed by atoms with E-state index in [9.17, 15) is 0 Å². The Balaban J connectivity index is 0.920. The normalized spacial score (nSPS) is 22.1. The average molecular weight is 763 g/mol. The summed E-state index contributed by atoms with van der Waals surface area (Å²) >= 11 is 0. The van der Waals surface area contributed by atoms with E-state index < -0.39 is 0 Å². The highest BCUT2D eigenvalue weighted by atomic mass is 15.2. The minimum Gasteiger partial charge on any atom is -0.337 e. The number of allylic oxidation sites excluding steroid dienone is 9. The highest BCUT2D eigenvalue weighted by molar-refractivity contribution is 6.00. The molecular formula is C57H50N2. The third-order valence-corrected chi connectivity index (χ3v) is 14.6. The lowest BCUT2D eigenvalue weighted by Crippen LogP contribution is -2.34. The van der Waals surface area contributed by atoms with E-state index in [1.54, 1.807) is 5.57 Å². The van der Waals surface area contributed by atoms with Gasteiger partial charge in [0.15, 0.2) is 0 Å². The third-order valence-electron chi connectivity index (χ3n) is 14.6. The summed E-state index contributed by atoms with van der Waals surface area (Å²) in [7, 11) is 0. The molecule has 0 spiro atoms. The van der Waals surface area contributed by atoms with Crippen molar-refractivity contribution in [1.82, 2.24) is 4.57 Å². The molecule has 0 saturated heterocycles. The van der Waals surface area contributed by atoms with Crippen LogP contribution in [0.25, 0.3) is 44.9 Å². The van der Waals surface area contributed by atoms with Crippen LogP contribution in [0.2, 0.25) is 0 Å². The standard InChI is InChI=1S/C57H50N2/c1-57(2)51-22-12-9-19-45(51)46-28-27-43(36-52(46)57)58-53-23-13-10-20-47(53)49-34-39(25-29-55(49)58)40-26-30-56-50(35-40)48-21-11-14-24-54(48)59(56)44-32-41(37-15-5-3-6-16-37)31-42(33-44)38-17-7-4-8-18-38/h3-7,9-12,14-17,19-22,24-29,33-36,41-42,56H,8,13,18,23,30-32H2,1-2H3. The van der Waals surface area contributed by atoms with Crippen molar-refractivity contribution in [2.24, 2.45) is 5.92 Å². The molecule has 1 aliphatic heterocycles. The maximum Gasteiger partial charge on any atom is 0.0630 e. The molecular weight excluding hydrogens is 713 g/mol. The first-order chi connectivity index (χ1) is 29.0. The Morgan fingerprint density at radius 3 is 2.42 bits per heavy atom. The lowest BCUT2D eigenvalue weighted by atomic mass is 9.75. The van der Waals surface area contributed by atoms with Crippen molar-refractivity contribution in [3.05, 3.63) is 208 Å². The quantitative estimate of drug-likeness (QED) is 0.170. The predicted octanol–water partition coefficient (Wildman–Crippen LogP) is 14.3.